The minimum Gasteiger partial charge on any atom is -0.454 e. The second-order valence-corrected chi connectivity index (χ2v) is 10.7. The largest absolute Gasteiger partial charge is 0.454 e. The SMILES string of the molecule is CCC(=O)N(CCN1CCN(C(=O)c2ccc3c(c2)OCO3)CC1)CC1=CCC2CC1C2(C)C. The standard InChI is InChI=1S/C27H37N3O4/c1-4-25(31)30(17-20-5-7-21-16-22(20)27(21,2)3)14-11-28-9-12-29(13-10-28)26(32)19-6-8-23-24(15-19)34-18-33-23/h5-6,8,15,21-22H,4,7,9-14,16-18H2,1-3H3. The number of allylic oxidation sites excluding steroid dienone is 1. The second-order valence-electron chi connectivity index (χ2n) is 10.7. The fourth-order valence-electron chi connectivity index (χ4n) is 6.04. The molecule has 2 atom stereocenters. The molecule has 2 aliphatic heterocycles. The molecule has 1 aromatic carbocycles. The van der Waals surface area contributed by atoms with E-state index in [2.05, 4.69) is 29.7 Å². The van der Waals surface area contributed by atoms with Crippen LogP contribution in [0.4, 0.5) is 0 Å². The van der Waals surface area contributed by atoms with Gasteiger partial charge in [0.1, 0.15) is 0 Å². The summed E-state index contributed by atoms with van der Waals surface area (Å²) in [5, 5.41) is 0. The van der Waals surface area contributed by atoms with Gasteiger partial charge in [-0.3, -0.25) is 14.5 Å². The predicted molar refractivity (Wildman–Crippen MR) is 130 cm³/mol. The first-order valence-corrected chi connectivity index (χ1v) is 12.7. The van der Waals surface area contributed by atoms with E-state index in [1.165, 1.54) is 12.0 Å². The molecule has 1 saturated heterocycles. The van der Waals surface area contributed by atoms with Crippen LogP contribution in [0.1, 0.15) is 50.4 Å². The van der Waals surface area contributed by atoms with Gasteiger partial charge in [0.2, 0.25) is 12.7 Å². The van der Waals surface area contributed by atoms with E-state index in [0.29, 0.717) is 47.9 Å². The van der Waals surface area contributed by atoms with E-state index in [1.54, 1.807) is 12.1 Å². The lowest BCUT2D eigenvalue weighted by Gasteiger charge is -2.57. The summed E-state index contributed by atoms with van der Waals surface area (Å²) in [5.74, 6) is 3.04. The van der Waals surface area contributed by atoms with Crippen molar-refractivity contribution in [3.8, 4) is 11.5 Å². The van der Waals surface area contributed by atoms with E-state index in [4.69, 9.17) is 9.47 Å². The lowest BCUT2D eigenvalue weighted by molar-refractivity contribution is -0.131. The predicted octanol–water partition coefficient (Wildman–Crippen LogP) is 3.40. The Hall–Kier alpha value is -2.54. The van der Waals surface area contributed by atoms with Crippen LogP contribution in [-0.4, -0.2) is 79.1 Å². The monoisotopic (exact) mass is 467 g/mol. The third-order valence-electron chi connectivity index (χ3n) is 8.58. The molecule has 2 amide bonds. The lowest BCUT2D eigenvalue weighted by Crippen LogP contribution is -2.52. The first kappa shape index (κ1) is 23.2. The molecule has 2 fully saturated rings. The molecule has 2 bridgehead atoms. The van der Waals surface area contributed by atoms with E-state index < -0.39 is 0 Å². The third kappa shape index (κ3) is 4.30. The van der Waals surface area contributed by atoms with Gasteiger partial charge in [-0.1, -0.05) is 32.4 Å². The molecule has 0 N–H and O–H groups in total. The van der Waals surface area contributed by atoms with E-state index >= 15 is 0 Å². The van der Waals surface area contributed by atoms with Crippen molar-refractivity contribution in [1.29, 1.82) is 0 Å². The van der Waals surface area contributed by atoms with E-state index in [-0.39, 0.29) is 18.6 Å². The van der Waals surface area contributed by atoms with Crippen LogP contribution in [0.15, 0.2) is 29.8 Å². The molecule has 184 valence electrons. The van der Waals surface area contributed by atoms with Crippen molar-refractivity contribution >= 4 is 11.8 Å². The molecule has 7 heteroatoms. The van der Waals surface area contributed by atoms with Crippen LogP contribution in [0.25, 0.3) is 0 Å². The number of carbonyl (C=O) groups is 2. The number of hydrogen-bond acceptors (Lipinski definition) is 5. The summed E-state index contributed by atoms with van der Waals surface area (Å²) < 4.78 is 10.8. The smallest absolute Gasteiger partial charge is 0.254 e. The van der Waals surface area contributed by atoms with Gasteiger partial charge in [0.15, 0.2) is 11.5 Å². The molecular weight excluding hydrogens is 430 g/mol. The number of piperazine rings is 1. The summed E-state index contributed by atoms with van der Waals surface area (Å²) >= 11 is 0. The number of nitrogens with zero attached hydrogens (tertiary/aromatic N) is 3. The second kappa shape index (κ2) is 9.25. The Kier molecular flexibility index (Phi) is 6.32. The van der Waals surface area contributed by atoms with Crippen molar-refractivity contribution in [3.05, 3.63) is 35.4 Å². The van der Waals surface area contributed by atoms with Crippen LogP contribution < -0.4 is 9.47 Å². The van der Waals surface area contributed by atoms with Gasteiger partial charge in [-0.05, 0) is 48.3 Å². The molecule has 2 unspecified atom stereocenters. The molecule has 5 aliphatic rings. The van der Waals surface area contributed by atoms with E-state index in [1.807, 2.05) is 17.9 Å². The van der Waals surface area contributed by atoms with Crippen LogP contribution in [0.2, 0.25) is 0 Å². The van der Waals surface area contributed by atoms with Crippen LogP contribution in [0.5, 0.6) is 11.5 Å². The van der Waals surface area contributed by atoms with Gasteiger partial charge in [-0.2, -0.15) is 0 Å². The molecule has 7 nitrogen and oxygen atoms in total. The van der Waals surface area contributed by atoms with Gasteiger partial charge in [0, 0.05) is 57.8 Å². The first-order chi connectivity index (χ1) is 16.4. The molecule has 34 heavy (non-hydrogen) atoms. The highest BCUT2D eigenvalue weighted by Gasteiger charge is 2.51. The topological polar surface area (TPSA) is 62.3 Å². The molecule has 0 aromatic heterocycles. The van der Waals surface area contributed by atoms with Crippen molar-refractivity contribution in [2.45, 2.75) is 40.0 Å². The molecule has 6 rings (SSSR count). The van der Waals surface area contributed by atoms with Crippen molar-refractivity contribution in [2.24, 2.45) is 17.3 Å². The zero-order valence-electron chi connectivity index (χ0n) is 20.7. The van der Waals surface area contributed by atoms with Gasteiger partial charge >= 0.3 is 0 Å². The summed E-state index contributed by atoms with van der Waals surface area (Å²) in [5.41, 5.74) is 2.49. The highest BCUT2D eigenvalue weighted by Crippen LogP contribution is 2.59. The molecule has 0 spiro atoms. The number of carbonyl (C=O) groups excluding carboxylic acids is 2. The number of benzene rings is 1. The van der Waals surface area contributed by atoms with Crippen molar-refractivity contribution in [2.75, 3.05) is 52.6 Å². The Morgan fingerprint density at radius 2 is 1.88 bits per heavy atom. The first-order valence-electron chi connectivity index (χ1n) is 12.7. The fraction of sp³-hybridized carbons (Fsp3) is 0.630. The van der Waals surface area contributed by atoms with Gasteiger partial charge in [-0.15, -0.1) is 0 Å². The maximum absolute atomic E-state index is 13.0. The highest BCUT2D eigenvalue weighted by molar-refractivity contribution is 5.95. The van der Waals surface area contributed by atoms with E-state index in [9.17, 15) is 9.59 Å². The zero-order chi connectivity index (χ0) is 23.9. The zero-order valence-corrected chi connectivity index (χ0v) is 20.7. The summed E-state index contributed by atoms with van der Waals surface area (Å²) in [6, 6.07) is 5.39. The average molecular weight is 468 g/mol. The van der Waals surface area contributed by atoms with Crippen LogP contribution in [0, 0.1) is 17.3 Å². The maximum Gasteiger partial charge on any atom is 0.254 e. The summed E-state index contributed by atoms with van der Waals surface area (Å²) in [6.07, 6.45) is 5.39. The molecule has 0 radical (unpaired) electrons. The van der Waals surface area contributed by atoms with Crippen LogP contribution in [0.3, 0.4) is 0 Å². The van der Waals surface area contributed by atoms with Gasteiger partial charge < -0.3 is 19.3 Å². The van der Waals surface area contributed by atoms with Crippen LogP contribution in [-0.2, 0) is 4.79 Å². The van der Waals surface area contributed by atoms with Crippen molar-refractivity contribution < 1.29 is 19.1 Å². The molecular formula is C27H37N3O4. The Morgan fingerprint density at radius 1 is 1.12 bits per heavy atom. The summed E-state index contributed by atoms with van der Waals surface area (Å²) in [7, 11) is 0. The quantitative estimate of drug-likeness (QED) is 0.575. The normalized spacial score (nSPS) is 24.9. The molecule has 2 heterocycles. The third-order valence-corrected chi connectivity index (χ3v) is 8.58. The van der Waals surface area contributed by atoms with Crippen LogP contribution >= 0.6 is 0 Å². The Labute approximate surface area is 202 Å². The fourth-order valence-corrected chi connectivity index (χ4v) is 6.04. The molecule has 1 saturated carbocycles. The summed E-state index contributed by atoms with van der Waals surface area (Å²) in [4.78, 5) is 32.0. The number of hydrogen-bond donors (Lipinski definition) is 0. The Bertz CT molecular complexity index is 980. The minimum absolute atomic E-state index is 0.0337. The lowest BCUT2D eigenvalue weighted by atomic mass is 9.49. The van der Waals surface area contributed by atoms with Gasteiger partial charge in [0.05, 0.1) is 0 Å². The Morgan fingerprint density at radius 3 is 2.59 bits per heavy atom. The maximum atomic E-state index is 13.0. The Balaban J connectivity index is 1.13. The van der Waals surface area contributed by atoms with Gasteiger partial charge in [-0.25, -0.2) is 0 Å². The average Bonchev–Trinajstić information content (AvgIpc) is 3.34. The van der Waals surface area contributed by atoms with Crippen molar-refractivity contribution in [3.63, 3.8) is 0 Å². The van der Waals surface area contributed by atoms with E-state index in [0.717, 1.165) is 45.1 Å². The number of fused-ring (bicyclic) bond motifs is 2. The highest BCUT2D eigenvalue weighted by atomic mass is 16.7. The molecule has 1 aromatic rings. The minimum atomic E-state index is 0.0337. The number of amides is 2. The van der Waals surface area contributed by atoms with Crippen molar-refractivity contribution in [1.82, 2.24) is 14.7 Å². The van der Waals surface area contributed by atoms with Gasteiger partial charge in [0.25, 0.3) is 5.91 Å². The summed E-state index contributed by atoms with van der Waals surface area (Å²) in [6.45, 7) is 12.3. The number of ether oxygens (including phenoxy) is 2. The molecule has 3 aliphatic carbocycles. The number of rotatable bonds is 7.